The predicted molar refractivity (Wildman–Crippen MR) is 83.4 cm³/mol. The molecule has 0 aromatic heterocycles. The molecule has 0 saturated carbocycles. The average Bonchev–Trinajstić information content (AvgIpc) is 2.75. The summed E-state index contributed by atoms with van der Waals surface area (Å²) in [5.41, 5.74) is 0.510. The molecule has 0 spiro atoms. The van der Waals surface area contributed by atoms with Gasteiger partial charge in [0.1, 0.15) is 17.4 Å². The summed E-state index contributed by atoms with van der Waals surface area (Å²) in [5.74, 6) is -0.116. The van der Waals surface area contributed by atoms with E-state index in [-0.39, 0.29) is 18.2 Å². The minimum absolute atomic E-state index is 0.112. The van der Waals surface area contributed by atoms with Crippen molar-refractivity contribution in [2.45, 2.75) is 5.92 Å². The fourth-order valence-corrected chi connectivity index (χ4v) is 2.70. The van der Waals surface area contributed by atoms with Crippen LogP contribution in [0.25, 0.3) is 0 Å². The molecule has 1 heterocycles. The zero-order chi connectivity index (χ0) is 15.7. The van der Waals surface area contributed by atoms with E-state index in [0.717, 1.165) is 0 Å². The quantitative estimate of drug-likeness (QED) is 0.816. The number of halogens is 1. The van der Waals surface area contributed by atoms with E-state index in [1.54, 1.807) is 25.2 Å². The lowest BCUT2D eigenvalue weighted by Gasteiger charge is -2.15. The molecule has 112 valence electrons. The number of nitrogens with zero attached hydrogens (tertiary/aromatic N) is 1. The Morgan fingerprint density at radius 1 is 1.23 bits per heavy atom. The Morgan fingerprint density at radius 3 is 2.59 bits per heavy atom. The third-order valence-corrected chi connectivity index (χ3v) is 3.83. The van der Waals surface area contributed by atoms with Gasteiger partial charge in [-0.2, -0.15) is 0 Å². The number of carbonyl (C=O) groups excluding carboxylic acids is 2. The van der Waals surface area contributed by atoms with Crippen LogP contribution in [0.3, 0.4) is 0 Å². The summed E-state index contributed by atoms with van der Waals surface area (Å²) in [6, 6.07) is 14.2. The van der Waals surface area contributed by atoms with Gasteiger partial charge in [-0.25, -0.2) is 0 Å². The summed E-state index contributed by atoms with van der Waals surface area (Å²) in [6.07, 6.45) is 0. The van der Waals surface area contributed by atoms with Crippen LogP contribution in [-0.4, -0.2) is 30.2 Å². The first-order valence-corrected chi connectivity index (χ1v) is 7.24. The number of likely N-dealkylation sites (tertiary alicyclic amines) is 1. The number of amides is 1. The van der Waals surface area contributed by atoms with Gasteiger partial charge in [-0.05, 0) is 30.3 Å². The van der Waals surface area contributed by atoms with Gasteiger partial charge in [0.2, 0.25) is 5.91 Å². The van der Waals surface area contributed by atoms with Gasteiger partial charge in [-0.15, -0.1) is 0 Å². The maximum atomic E-state index is 12.2. The van der Waals surface area contributed by atoms with Crippen molar-refractivity contribution in [3.8, 4) is 11.5 Å². The topological polar surface area (TPSA) is 46.6 Å². The number of benzene rings is 2. The van der Waals surface area contributed by atoms with E-state index in [1.165, 1.54) is 4.90 Å². The number of rotatable bonds is 3. The molecule has 1 aliphatic heterocycles. The highest BCUT2D eigenvalue weighted by Crippen LogP contribution is 2.36. The van der Waals surface area contributed by atoms with Crippen molar-refractivity contribution in [3.63, 3.8) is 0 Å². The molecule has 1 amide bonds. The zero-order valence-corrected chi connectivity index (χ0v) is 12.7. The lowest BCUT2D eigenvalue weighted by atomic mass is 10.1. The van der Waals surface area contributed by atoms with E-state index in [0.29, 0.717) is 22.1 Å². The van der Waals surface area contributed by atoms with Crippen molar-refractivity contribution < 1.29 is 14.3 Å². The molecule has 1 aliphatic rings. The van der Waals surface area contributed by atoms with Crippen LogP contribution in [0.2, 0.25) is 5.02 Å². The number of ketones is 1. The van der Waals surface area contributed by atoms with Gasteiger partial charge < -0.3 is 9.64 Å². The molecule has 1 atom stereocenters. The standard InChI is InChI=1S/C17H14ClNO3/c1-19-10-14(20)16(17(19)21)13-9-11(18)7-8-15(13)22-12-5-3-2-4-6-12/h2-9,16H,10H2,1H3/i14+2. The third kappa shape index (κ3) is 2.70. The molecular formula is C17H14ClNO3. The van der Waals surface area contributed by atoms with Crippen molar-refractivity contribution in [1.29, 1.82) is 0 Å². The van der Waals surface area contributed by atoms with E-state index in [9.17, 15) is 9.59 Å². The van der Waals surface area contributed by atoms with Crippen LogP contribution in [0.4, 0.5) is 0 Å². The van der Waals surface area contributed by atoms with Gasteiger partial charge in [0.25, 0.3) is 0 Å². The molecule has 4 nitrogen and oxygen atoms in total. The molecule has 1 fully saturated rings. The summed E-state index contributed by atoms with van der Waals surface area (Å²) in [4.78, 5) is 25.8. The Labute approximate surface area is 133 Å². The molecule has 0 bridgehead atoms. The lowest BCUT2D eigenvalue weighted by Crippen LogP contribution is -2.21. The number of Topliss-reactive ketones (excluding diaryl/α,β-unsaturated/α-hetero) is 1. The molecular weight excluding hydrogens is 304 g/mol. The smallest absolute Gasteiger partial charge is 0.238 e. The number of likely N-dealkylation sites (N-methyl/N-ethyl adjacent to an activating group) is 1. The molecule has 2 aromatic carbocycles. The van der Waals surface area contributed by atoms with Crippen LogP contribution in [0.1, 0.15) is 11.5 Å². The molecule has 2 aromatic rings. The predicted octanol–water partition coefficient (Wildman–Crippen LogP) is 3.26. The molecule has 0 radical (unpaired) electrons. The molecule has 5 heteroatoms. The van der Waals surface area contributed by atoms with Crippen molar-refractivity contribution in [2.24, 2.45) is 0 Å². The van der Waals surface area contributed by atoms with Crippen LogP contribution >= 0.6 is 11.6 Å². The summed E-state index contributed by atoms with van der Waals surface area (Å²) in [7, 11) is 1.61. The second-order valence-electron chi connectivity index (χ2n) is 5.19. The number of carbonyl (C=O) groups is 2. The highest BCUT2D eigenvalue weighted by molar-refractivity contribution is 6.30. The van der Waals surface area contributed by atoms with E-state index >= 15 is 0 Å². The largest absolute Gasteiger partial charge is 0.457 e. The highest BCUT2D eigenvalue weighted by atomic mass is 35.5. The lowest BCUT2D eigenvalue weighted by molar-refractivity contribution is -0.128. The number of hydrogen-bond acceptors (Lipinski definition) is 3. The van der Waals surface area contributed by atoms with E-state index in [4.69, 9.17) is 16.3 Å². The van der Waals surface area contributed by atoms with Gasteiger partial charge in [0.15, 0.2) is 5.78 Å². The van der Waals surface area contributed by atoms with E-state index in [2.05, 4.69) is 0 Å². The molecule has 1 saturated heterocycles. The summed E-state index contributed by atoms with van der Waals surface area (Å²) in [5, 5.41) is 0.463. The average molecular weight is 318 g/mol. The van der Waals surface area contributed by atoms with Crippen LogP contribution < -0.4 is 4.74 Å². The minimum atomic E-state index is -0.845. The molecule has 0 aliphatic carbocycles. The third-order valence-electron chi connectivity index (χ3n) is 3.59. The second-order valence-corrected chi connectivity index (χ2v) is 5.63. The van der Waals surface area contributed by atoms with Gasteiger partial charge in [0.05, 0.1) is 6.54 Å². The van der Waals surface area contributed by atoms with Gasteiger partial charge in [0, 0.05) is 17.6 Å². The first kappa shape index (κ1) is 14.6. The Kier molecular flexibility index (Phi) is 3.86. The number of ether oxygens (including phenoxy) is 1. The fourth-order valence-electron chi connectivity index (χ4n) is 2.52. The monoisotopic (exact) mass is 317 g/mol. The number of para-hydroxylation sites is 1. The Morgan fingerprint density at radius 2 is 1.95 bits per heavy atom. The number of hydrogen-bond donors (Lipinski definition) is 0. The summed E-state index contributed by atoms with van der Waals surface area (Å²) < 4.78 is 5.83. The maximum absolute atomic E-state index is 12.2. The van der Waals surface area contributed by atoms with Crippen LogP contribution in [0, 0.1) is 0 Å². The van der Waals surface area contributed by atoms with Crippen molar-refractivity contribution >= 4 is 23.3 Å². The second kappa shape index (κ2) is 5.81. The zero-order valence-electron chi connectivity index (χ0n) is 12.0. The Balaban J connectivity index is 2.02. The summed E-state index contributed by atoms with van der Waals surface area (Å²) >= 11 is 6.04. The van der Waals surface area contributed by atoms with Crippen molar-refractivity contribution in [1.82, 2.24) is 4.90 Å². The normalized spacial score (nSPS) is 17.9. The fraction of sp³-hybridized carbons (Fsp3) is 0.176. The minimum Gasteiger partial charge on any atom is -0.457 e. The first-order chi connectivity index (χ1) is 10.6. The Bertz CT molecular complexity index is 730. The van der Waals surface area contributed by atoms with Gasteiger partial charge >= 0.3 is 0 Å². The van der Waals surface area contributed by atoms with Crippen LogP contribution in [-0.2, 0) is 9.59 Å². The summed E-state index contributed by atoms with van der Waals surface area (Å²) in [6.45, 7) is 0.112. The van der Waals surface area contributed by atoms with Crippen molar-refractivity contribution in [3.05, 3.63) is 59.1 Å². The molecule has 22 heavy (non-hydrogen) atoms. The maximum Gasteiger partial charge on any atom is 0.238 e. The first-order valence-electron chi connectivity index (χ1n) is 6.86. The van der Waals surface area contributed by atoms with Crippen LogP contribution in [0.5, 0.6) is 11.5 Å². The highest BCUT2D eigenvalue weighted by Gasteiger charge is 2.40. The molecule has 0 N–H and O–H groups in total. The van der Waals surface area contributed by atoms with Crippen molar-refractivity contribution in [2.75, 3.05) is 13.6 Å². The Hall–Kier alpha value is -2.33. The SMILES string of the molecule is CN1C[14C](=O)C(c2cc(Cl)ccc2Oc2ccccc2)C1=O. The van der Waals surface area contributed by atoms with Gasteiger partial charge in [-0.3, -0.25) is 9.59 Å². The molecule has 1 unspecified atom stereocenters. The van der Waals surface area contributed by atoms with Gasteiger partial charge in [-0.1, -0.05) is 29.8 Å². The van der Waals surface area contributed by atoms with E-state index in [1.807, 2.05) is 30.3 Å². The van der Waals surface area contributed by atoms with Crippen LogP contribution in [0.15, 0.2) is 48.5 Å². The van der Waals surface area contributed by atoms with E-state index < -0.39 is 5.92 Å². The molecule has 3 rings (SSSR count).